The molecule has 0 spiro atoms. The molecule has 3 N–H and O–H groups in total. The normalized spacial score (nSPS) is 24.5. The second kappa shape index (κ2) is 7.99. The van der Waals surface area contributed by atoms with E-state index in [9.17, 15) is 9.59 Å². The summed E-state index contributed by atoms with van der Waals surface area (Å²) in [6, 6.07) is -0.332. The van der Waals surface area contributed by atoms with E-state index in [-0.39, 0.29) is 12.6 Å². The zero-order valence-corrected chi connectivity index (χ0v) is 11.6. The number of urea groups is 1. The number of ether oxygens (including phenoxy) is 1. The molecule has 1 unspecified atom stereocenters. The number of methoxy groups -OCH3 is 1. The molecule has 1 aliphatic rings. The molecule has 0 aromatic heterocycles. The highest BCUT2D eigenvalue weighted by Crippen LogP contribution is 2.27. The lowest BCUT2D eigenvalue weighted by Crippen LogP contribution is -2.44. The molecule has 0 heterocycles. The van der Waals surface area contributed by atoms with Gasteiger partial charge in [0.1, 0.15) is 0 Å². The molecule has 6 nitrogen and oxygen atoms in total. The summed E-state index contributed by atoms with van der Waals surface area (Å²) in [4.78, 5) is 22.2. The minimum atomic E-state index is -1.08. The lowest BCUT2D eigenvalue weighted by Gasteiger charge is -2.26. The minimum Gasteiger partial charge on any atom is -0.479 e. The zero-order chi connectivity index (χ0) is 14.3. The monoisotopic (exact) mass is 272 g/mol. The summed E-state index contributed by atoms with van der Waals surface area (Å²) in [7, 11) is 1.31. The highest BCUT2D eigenvalue weighted by atomic mass is 16.5. The molecule has 0 saturated heterocycles. The smallest absolute Gasteiger partial charge is 0.334 e. The van der Waals surface area contributed by atoms with Crippen LogP contribution in [-0.2, 0) is 9.53 Å². The fourth-order valence-electron chi connectivity index (χ4n) is 2.29. The molecular weight excluding hydrogens is 248 g/mol. The van der Waals surface area contributed by atoms with E-state index < -0.39 is 12.1 Å². The number of carboxylic acids is 1. The molecule has 0 aromatic carbocycles. The molecule has 1 atom stereocenters. The Morgan fingerprint density at radius 1 is 1.26 bits per heavy atom. The Morgan fingerprint density at radius 3 is 2.42 bits per heavy atom. The van der Waals surface area contributed by atoms with E-state index >= 15 is 0 Å². The van der Waals surface area contributed by atoms with Gasteiger partial charge in [0.05, 0.1) is 6.54 Å². The van der Waals surface area contributed by atoms with Crippen LogP contribution in [-0.4, -0.2) is 43.4 Å². The third-order valence-corrected chi connectivity index (χ3v) is 3.69. The predicted octanol–water partition coefficient (Wildman–Crippen LogP) is 1.21. The maximum absolute atomic E-state index is 11.5. The van der Waals surface area contributed by atoms with Crippen LogP contribution in [0, 0.1) is 11.8 Å². The van der Waals surface area contributed by atoms with Gasteiger partial charge in [-0.15, -0.1) is 0 Å². The number of carbonyl (C=O) groups is 2. The second-order valence-corrected chi connectivity index (χ2v) is 5.28. The third-order valence-electron chi connectivity index (χ3n) is 3.69. The summed E-state index contributed by atoms with van der Waals surface area (Å²) in [5.74, 6) is 0.256. The number of nitrogens with one attached hydrogen (secondary N) is 2. The van der Waals surface area contributed by atoms with E-state index in [2.05, 4.69) is 17.6 Å². The lowest BCUT2D eigenvalue weighted by atomic mass is 9.83. The average Bonchev–Trinajstić information content (AvgIpc) is 2.38. The number of carbonyl (C=O) groups excluding carboxylic acids is 1. The van der Waals surface area contributed by atoms with Crippen LogP contribution in [0.25, 0.3) is 0 Å². The van der Waals surface area contributed by atoms with Crippen LogP contribution < -0.4 is 10.6 Å². The number of aliphatic carboxylic acids is 1. The van der Waals surface area contributed by atoms with Gasteiger partial charge in [-0.05, 0) is 24.7 Å². The third kappa shape index (κ3) is 5.92. The van der Waals surface area contributed by atoms with Crippen molar-refractivity contribution in [3.8, 4) is 0 Å². The highest BCUT2D eigenvalue weighted by molar-refractivity contribution is 5.76. The Labute approximate surface area is 113 Å². The van der Waals surface area contributed by atoms with Crippen molar-refractivity contribution in [3.63, 3.8) is 0 Å². The Morgan fingerprint density at radius 2 is 1.89 bits per heavy atom. The van der Waals surface area contributed by atoms with Crippen molar-refractivity contribution in [3.05, 3.63) is 0 Å². The topological polar surface area (TPSA) is 87.7 Å². The van der Waals surface area contributed by atoms with E-state index in [1.54, 1.807) is 0 Å². The molecule has 110 valence electrons. The first kappa shape index (κ1) is 15.8. The second-order valence-electron chi connectivity index (χ2n) is 5.28. The van der Waals surface area contributed by atoms with Crippen LogP contribution in [0.1, 0.15) is 32.6 Å². The highest BCUT2D eigenvalue weighted by Gasteiger charge is 2.20. The summed E-state index contributed by atoms with van der Waals surface area (Å²) in [6.07, 6.45) is 3.74. The quantitative estimate of drug-likeness (QED) is 0.678. The van der Waals surface area contributed by atoms with Crippen molar-refractivity contribution in [2.75, 3.05) is 20.2 Å². The molecular formula is C13H24N2O4. The number of amides is 2. The largest absolute Gasteiger partial charge is 0.479 e. The van der Waals surface area contributed by atoms with Crippen LogP contribution >= 0.6 is 0 Å². The summed E-state index contributed by atoms with van der Waals surface area (Å²) < 4.78 is 4.73. The molecule has 0 bridgehead atoms. The molecule has 1 aliphatic carbocycles. The van der Waals surface area contributed by atoms with Gasteiger partial charge in [0.2, 0.25) is 0 Å². The Balaban J connectivity index is 2.15. The van der Waals surface area contributed by atoms with Crippen LogP contribution in [0.5, 0.6) is 0 Å². The standard InChI is InChI=1S/C13H24N2O4/c1-9-3-5-10(6-4-9)7-14-13(18)15-8-11(19-2)12(16)17/h9-11H,3-8H2,1-2H3,(H,16,17)(H2,14,15,18). The number of hydrogen-bond donors (Lipinski definition) is 3. The molecule has 1 saturated carbocycles. The molecule has 0 radical (unpaired) electrons. The van der Waals surface area contributed by atoms with Crippen LogP contribution in [0.4, 0.5) is 4.79 Å². The van der Waals surface area contributed by atoms with Crippen LogP contribution in [0.15, 0.2) is 0 Å². The fourth-order valence-corrected chi connectivity index (χ4v) is 2.29. The maximum Gasteiger partial charge on any atom is 0.334 e. The van der Waals surface area contributed by atoms with Crippen molar-refractivity contribution in [2.45, 2.75) is 38.7 Å². The number of carboxylic acid groups (broad SMARTS) is 1. The molecule has 0 aliphatic heterocycles. The lowest BCUT2D eigenvalue weighted by molar-refractivity contribution is -0.147. The average molecular weight is 272 g/mol. The van der Waals surface area contributed by atoms with Gasteiger partial charge >= 0.3 is 12.0 Å². The Bertz CT molecular complexity index is 301. The predicted molar refractivity (Wildman–Crippen MR) is 71.0 cm³/mol. The Hall–Kier alpha value is -1.30. The molecule has 1 rings (SSSR count). The van der Waals surface area contributed by atoms with E-state index in [1.165, 1.54) is 20.0 Å². The van der Waals surface area contributed by atoms with Crippen molar-refractivity contribution in [2.24, 2.45) is 11.8 Å². The Kier molecular flexibility index (Phi) is 6.62. The van der Waals surface area contributed by atoms with Crippen LogP contribution in [0.3, 0.4) is 0 Å². The summed E-state index contributed by atoms with van der Waals surface area (Å²) in [6.45, 7) is 2.88. The fraction of sp³-hybridized carbons (Fsp3) is 0.846. The maximum atomic E-state index is 11.5. The van der Waals surface area contributed by atoms with Gasteiger partial charge in [-0.3, -0.25) is 0 Å². The van der Waals surface area contributed by atoms with Gasteiger partial charge in [-0.25, -0.2) is 9.59 Å². The van der Waals surface area contributed by atoms with Crippen molar-refractivity contribution < 1.29 is 19.4 Å². The van der Waals surface area contributed by atoms with Crippen molar-refractivity contribution in [1.82, 2.24) is 10.6 Å². The van der Waals surface area contributed by atoms with E-state index in [0.717, 1.165) is 18.8 Å². The summed E-state index contributed by atoms with van der Waals surface area (Å²) in [5, 5.41) is 14.0. The SMILES string of the molecule is COC(CNC(=O)NCC1CCC(C)CC1)C(=O)O. The molecule has 0 aromatic rings. The van der Waals surface area contributed by atoms with E-state index in [4.69, 9.17) is 9.84 Å². The van der Waals surface area contributed by atoms with Gasteiger partial charge in [0.15, 0.2) is 6.10 Å². The number of hydrogen-bond acceptors (Lipinski definition) is 3. The molecule has 6 heteroatoms. The molecule has 1 fully saturated rings. The first-order valence-electron chi connectivity index (χ1n) is 6.80. The molecule has 19 heavy (non-hydrogen) atoms. The van der Waals surface area contributed by atoms with Gasteiger partial charge in [0, 0.05) is 13.7 Å². The van der Waals surface area contributed by atoms with Gasteiger partial charge in [0.25, 0.3) is 0 Å². The minimum absolute atomic E-state index is 0.0284. The summed E-state index contributed by atoms with van der Waals surface area (Å²) in [5.41, 5.74) is 0. The van der Waals surface area contributed by atoms with Gasteiger partial charge in [-0.2, -0.15) is 0 Å². The zero-order valence-electron chi connectivity index (χ0n) is 11.6. The summed E-state index contributed by atoms with van der Waals surface area (Å²) >= 11 is 0. The first-order chi connectivity index (χ1) is 9.02. The number of rotatable bonds is 6. The van der Waals surface area contributed by atoms with Gasteiger partial charge < -0.3 is 20.5 Å². The van der Waals surface area contributed by atoms with E-state index in [1.807, 2.05) is 0 Å². The first-order valence-corrected chi connectivity index (χ1v) is 6.80. The van der Waals surface area contributed by atoms with Crippen molar-refractivity contribution in [1.29, 1.82) is 0 Å². The van der Waals surface area contributed by atoms with Gasteiger partial charge in [-0.1, -0.05) is 19.8 Å². The van der Waals surface area contributed by atoms with Crippen molar-refractivity contribution >= 4 is 12.0 Å². The molecule has 2 amide bonds. The van der Waals surface area contributed by atoms with E-state index in [0.29, 0.717) is 12.5 Å². The van der Waals surface area contributed by atoms with Crippen LogP contribution in [0.2, 0.25) is 0 Å².